The summed E-state index contributed by atoms with van der Waals surface area (Å²) >= 11 is 1.07. The second-order valence-electron chi connectivity index (χ2n) is 16.7. The number of allylic oxidation sites excluding steroid dienone is 8. The molecule has 0 aliphatic carbocycles. The molecule has 1 atom stereocenters. The van der Waals surface area contributed by atoms with E-state index in [2.05, 4.69) is 50.7 Å². The predicted octanol–water partition coefficient (Wildman–Crippen LogP) is 7.22. The van der Waals surface area contributed by atoms with E-state index in [0.29, 0.717) is 30.9 Å². The molecule has 0 saturated carbocycles. The quantitative estimate of drug-likeness (QED) is 0.0175. The molecule has 2 N–H and O–H groups in total. The van der Waals surface area contributed by atoms with Crippen molar-refractivity contribution in [3.63, 3.8) is 0 Å². The van der Waals surface area contributed by atoms with Crippen LogP contribution in [0, 0.1) is 0 Å². The number of imide groups is 1. The number of nitrogens with zero attached hydrogens (tertiary/aromatic N) is 3. The number of Topliss-reactive ketones (excluding diaryl/α,β-unsaturated/α-hetero) is 1. The zero-order valence-corrected chi connectivity index (χ0v) is 38.9. The first-order chi connectivity index (χ1) is 30.3. The van der Waals surface area contributed by atoms with Crippen LogP contribution < -0.4 is 10.2 Å². The molecule has 0 aromatic heterocycles. The summed E-state index contributed by atoms with van der Waals surface area (Å²) in [6, 6.07) is 9.90. The molecule has 1 fully saturated rings. The van der Waals surface area contributed by atoms with E-state index in [0.717, 1.165) is 50.8 Å². The Morgan fingerprint density at radius 1 is 0.906 bits per heavy atom. The highest BCUT2D eigenvalue weighted by molar-refractivity contribution is 7.94. The molecule has 1 saturated heterocycles. The van der Waals surface area contributed by atoms with Crippen molar-refractivity contribution < 1.29 is 60.6 Å². The van der Waals surface area contributed by atoms with Crippen LogP contribution in [-0.2, 0) is 64.0 Å². The summed E-state index contributed by atoms with van der Waals surface area (Å²) in [4.78, 5) is 72.9. The fraction of sp³-hybridized carbons (Fsp3) is 0.435. The summed E-state index contributed by atoms with van der Waals surface area (Å²) in [6.45, 7) is 10.3. The Bertz CT molecular complexity index is 2380. The zero-order chi connectivity index (χ0) is 46.8. The van der Waals surface area contributed by atoms with Crippen LogP contribution in [0.5, 0.6) is 0 Å². The van der Waals surface area contributed by atoms with Crippen LogP contribution >= 0.6 is 12.0 Å². The predicted molar refractivity (Wildman–Crippen MR) is 240 cm³/mol. The second-order valence-corrected chi connectivity index (χ2v) is 18.9. The van der Waals surface area contributed by atoms with Gasteiger partial charge in [-0.1, -0.05) is 55.7 Å². The Hall–Kier alpha value is -5.24. The molecule has 3 heterocycles. The fourth-order valence-electron chi connectivity index (χ4n) is 8.12. The van der Waals surface area contributed by atoms with Gasteiger partial charge >= 0.3 is 5.97 Å². The number of amides is 3. The smallest absolute Gasteiger partial charge is 0.333 e. The maximum Gasteiger partial charge on any atom is 0.333 e. The highest BCUT2D eigenvalue weighted by atomic mass is 32.2. The second kappa shape index (κ2) is 21.6. The maximum absolute atomic E-state index is 12.9. The highest BCUT2D eigenvalue weighted by Gasteiger charge is 2.43. The molecule has 64 heavy (non-hydrogen) atoms. The monoisotopic (exact) mass is 921 g/mol. The number of nitrogens with one attached hydrogen (secondary N) is 1. The van der Waals surface area contributed by atoms with Crippen LogP contribution in [0.2, 0.25) is 0 Å². The largest absolute Gasteiger partial charge is 0.346 e. The first kappa shape index (κ1) is 49.8. The van der Waals surface area contributed by atoms with Gasteiger partial charge in [0.25, 0.3) is 21.9 Å². The molecule has 3 aliphatic heterocycles. The number of unbranched alkanes of at least 4 members (excludes halogenated alkanes) is 2. The Morgan fingerprint density at radius 2 is 1.61 bits per heavy atom. The maximum atomic E-state index is 12.9. The summed E-state index contributed by atoms with van der Waals surface area (Å²) < 4.78 is 41.2. The van der Waals surface area contributed by atoms with Crippen LogP contribution in [0.4, 0.5) is 11.4 Å². The van der Waals surface area contributed by atoms with E-state index >= 15 is 0 Å². The number of benzene rings is 2. The highest BCUT2D eigenvalue weighted by Crippen LogP contribution is 2.48. The lowest BCUT2D eigenvalue weighted by Crippen LogP contribution is -2.39. The number of hydroxylamine groups is 2. The number of hydrogen-bond donors (Lipinski definition) is 2. The lowest BCUT2D eigenvalue weighted by atomic mass is 9.81. The minimum Gasteiger partial charge on any atom is -0.346 e. The van der Waals surface area contributed by atoms with Gasteiger partial charge in [-0.2, -0.15) is 13.0 Å². The number of hydrogen-bond acceptors (Lipinski definition) is 13. The third kappa shape index (κ3) is 12.1. The van der Waals surface area contributed by atoms with Gasteiger partial charge in [-0.15, -0.1) is 9.40 Å². The molecule has 0 radical (unpaired) electrons. The molecule has 344 valence electrons. The summed E-state index contributed by atoms with van der Waals surface area (Å²) in [5.74, 6) is -2.48. The summed E-state index contributed by atoms with van der Waals surface area (Å²) in [6.07, 6.45) is 16.1. The number of carbonyl (C=O) groups is 5. The third-order valence-corrected chi connectivity index (χ3v) is 12.9. The van der Waals surface area contributed by atoms with E-state index in [-0.39, 0.29) is 60.5 Å². The molecule has 2 aromatic rings. The summed E-state index contributed by atoms with van der Waals surface area (Å²) in [5.41, 5.74) is 4.98. The lowest BCUT2D eigenvalue weighted by Gasteiger charge is -2.27. The van der Waals surface area contributed by atoms with Gasteiger partial charge in [0, 0.05) is 71.6 Å². The average molecular weight is 922 g/mol. The van der Waals surface area contributed by atoms with Gasteiger partial charge in [0.05, 0.1) is 35.5 Å². The van der Waals surface area contributed by atoms with E-state index < -0.39 is 39.4 Å². The molecular formula is C46H57N4O12S2+. The molecule has 5 rings (SSSR count). The Labute approximate surface area is 378 Å². The summed E-state index contributed by atoms with van der Waals surface area (Å²) in [7, 11) is -1.03. The third-order valence-electron chi connectivity index (χ3n) is 11.5. The first-order valence-corrected chi connectivity index (χ1v) is 23.2. The number of anilines is 1. The topological polar surface area (TPSA) is 198 Å². The fourth-order valence-corrected chi connectivity index (χ4v) is 9.08. The molecule has 2 aromatic carbocycles. The van der Waals surface area contributed by atoms with Gasteiger partial charge in [0.15, 0.2) is 11.5 Å². The Balaban J connectivity index is 1.17. The normalized spacial score (nSPS) is 18.0. The van der Waals surface area contributed by atoms with Crippen molar-refractivity contribution >= 4 is 68.7 Å². The molecule has 18 heteroatoms. The van der Waals surface area contributed by atoms with E-state index in [4.69, 9.17) is 9.17 Å². The van der Waals surface area contributed by atoms with Gasteiger partial charge in [0.1, 0.15) is 7.05 Å². The van der Waals surface area contributed by atoms with Crippen molar-refractivity contribution in [1.82, 2.24) is 10.4 Å². The van der Waals surface area contributed by atoms with Crippen molar-refractivity contribution in [2.24, 2.45) is 0 Å². The van der Waals surface area contributed by atoms with Crippen molar-refractivity contribution in [2.45, 2.75) is 119 Å². The summed E-state index contributed by atoms with van der Waals surface area (Å²) in [5, 5.41) is 7.77. The van der Waals surface area contributed by atoms with Crippen molar-refractivity contribution in [3.8, 4) is 0 Å². The van der Waals surface area contributed by atoms with Gasteiger partial charge in [0.2, 0.25) is 11.6 Å². The lowest BCUT2D eigenvalue weighted by molar-refractivity contribution is -0.447. The van der Waals surface area contributed by atoms with Crippen LogP contribution in [0.3, 0.4) is 0 Å². The minimum atomic E-state index is -4.43. The Kier molecular flexibility index (Phi) is 16.8. The molecule has 3 amide bonds. The van der Waals surface area contributed by atoms with Gasteiger partial charge < -0.3 is 15.1 Å². The van der Waals surface area contributed by atoms with Crippen molar-refractivity contribution in [2.75, 3.05) is 25.6 Å². The number of rotatable bonds is 22. The van der Waals surface area contributed by atoms with E-state index in [1.165, 1.54) is 26.2 Å². The van der Waals surface area contributed by atoms with Crippen LogP contribution in [0.1, 0.15) is 104 Å². The van der Waals surface area contributed by atoms with Crippen molar-refractivity contribution in [1.29, 1.82) is 0 Å². The zero-order valence-electron chi connectivity index (χ0n) is 37.3. The first-order valence-electron chi connectivity index (χ1n) is 21.0. The van der Waals surface area contributed by atoms with Crippen LogP contribution in [0.15, 0.2) is 94.4 Å². The van der Waals surface area contributed by atoms with Gasteiger partial charge in [-0.3, -0.25) is 23.7 Å². The average Bonchev–Trinajstić information content (AvgIpc) is 3.73. The number of carbonyl (C=O) groups excluding carboxylic acids is 5. The standard InChI is InChI=1S/C46H56N4O12S2/c1-31(51)36(17-16-21-44(55)60-50-42(53)26-27-43(50)54)47-41(52)20-14-11-15-28-49-38-25-23-33(64(56,57)58)30-35(38)46(4,5)40(49)19-13-10-8-9-12-18-39-45(2,3)34-29-32(63-62-61-59-7)22-24-37(34)48(39)6/h8-10,12-13,18-19,22-25,29-30,36H,11,14-17,20-21,26-28H2,1-7H3,(H-,47,52,56,57,58)/p+1. The SMILES string of the molecule is COOOSc1ccc2c(c1)C(C)(C)C(/C=C/C=C/C=C/C=C1\N(CCCCCC(=O)NC(CCCC(=O)ON3C(=O)CCC3=O)C(C)=O)c3ccc(S(=O)(=O)O)cc3C1(C)C)=[N+]2C. The molecule has 1 unspecified atom stereocenters. The van der Waals surface area contributed by atoms with Gasteiger partial charge in [-0.05, 0) is 88.4 Å². The van der Waals surface area contributed by atoms with Crippen LogP contribution in [0.25, 0.3) is 0 Å². The minimum absolute atomic E-state index is 0.00975. The molecule has 0 bridgehead atoms. The molecule has 3 aliphatic rings. The van der Waals surface area contributed by atoms with Crippen molar-refractivity contribution in [3.05, 3.63) is 95.8 Å². The van der Waals surface area contributed by atoms with E-state index in [9.17, 15) is 36.9 Å². The molecule has 16 nitrogen and oxygen atoms in total. The van der Waals surface area contributed by atoms with Crippen LogP contribution in [-0.4, -0.2) is 84.5 Å². The van der Waals surface area contributed by atoms with E-state index in [1.807, 2.05) is 69.5 Å². The number of fused-ring (bicyclic) bond motifs is 2. The Morgan fingerprint density at radius 3 is 2.30 bits per heavy atom. The molecular weight excluding hydrogens is 865 g/mol. The molecule has 0 spiro atoms. The number of ketones is 1. The van der Waals surface area contributed by atoms with Gasteiger partial charge in [-0.25, -0.2) is 9.68 Å². The van der Waals surface area contributed by atoms with E-state index in [1.54, 1.807) is 6.07 Å².